The highest BCUT2D eigenvalue weighted by Crippen LogP contribution is 2.30. The Hall–Kier alpha value is -3.65. The second-order valence-electron chi connectivity index (χ2n) is 9.03. The zero-order valence-electron chi connectivity index (χ0n) is 20.8. The first kappa shape index (κ1) is 26.9. The first-order chi connectivity index (χ1) is 17.1. The first-order valence-corrected chi connectivity index (χ1v) is 12.0. The average Bonchev–Trinajstić information content (AvgIpc) is 2.81. The molecule has 3 rings (SSSR count). The highest BCUT2D eigenvalue weighted by Gasteiger charge is 2.24. The van der Waals surface area contributed by atoms with Gasteiger partial charge in [-0.05, 0) is 62.9 Å². The van der Waals surface area contributed by atoms with Crippen molar-refractivity contribution in [2.24, 2.45) is 0 Å². The smallest absolute Gasteiger partial charge is 0.407 e. The van der Waals surface area contributed by atoms with E-state index in [9.17, 15) is 9.59 Å². The predicted molar refractivity (Wildman–Crippen MR) is 137 cm³/mol. The van der Waals surface area contributed by atoms with Gasteiger partial charge in [-0.25, -0.2) is 14.8 Å². The molecule has 9 heteroatoms. The molecule has 0 saturated carbocycles. The van der Waals surface area contributed by atoms with Crippen LogP contribution in [0.15, 0.2) is 60.9 Å². The Balaban J connectivity index is 1.94. The average molecular weight is 512 g/mol. The zero-order chi connectivity index (χ0) is 26.1. The molecule has 190 valence electrons. The normalized spacial score (nSPS) is 11.9. The van der Waals surface area contributed by atoms with Crippen molar-refractivity contribution < 1.29 is 23.8 Å². The summed E-state index contributed by atoms with van der Waals surface area (Å²) >= 11 is 5.90. The minimum Gasteiger partial charge on any atom is -0.466 e. The van der Waals surface area contributed by atoms with Crippen LogP contribution in [0.2, 0.25) is 5.02 Å². The largest absolute Gasteiger partial charge is 0.466 e. The Morgan fingerprint density at radius 2 is 1.72 bits per heavy atom. The molecule has 0 bridgehead atoms. The molecular formula is C27H30ClN3O5. The van der Waals surface area contributed by atoms with Gasteiger partial charge in [0.25, 0.3) is 0 Å². The SMILES string of the molecule is CCOC(=O)CC(Cc1cc(-c2ccccc2)ccc1Oc1ncc(Cl)cn1)NC(=O)OC(C)(C)C. The summed E-state index contributed by atoms with van der Waals surface area (Å²) in [5.74, 6) is 0.0538. The number of nitrogens with zero attached hydrogens (tertiary/aromatic N) is 2. The Kier molecular flexibility index (Phi) is 9.25. The number of carbonyl (C=O) groups is 2. The van der Waals surface area contributed by atoms with E-state index < -0.39 is 23.7 Å². The number of amides is 1. The maximum Gasteiger partial charge on any atom is 0.407 e. The van der Waals surface area contributed by atoms with Crippen LogP contribution in [0, 0.1) is 0 Å². The Labute approximate surface area is 216 Å². The van der Waals surface area contributed by atoms with Gasteiger partial charge in [0.1, 0.15) is 11.4 Å². The number of nitrogens with one attached hydrogen (secondary N) is 1. The van der Waals surface area contributed by atoms with Gasteiger partial charge in [0, 0.05) is 6.04 Å². The number of aromatic nitrogens is 2. The van der Waals surface area contributed by atoms with Crippen molar-refractivity contribution in [2.45, 2.75) is 52.2 Å². The lowest BCUT2D eigenvalue weighted by atomic mass is 9.97. The molecule has 0 saturated heterocycles. The molecule has 0 spiro atoms. The van der Waals surface area contributed by atoms with Gasteiger partial charge < -0.3 is 19.5 Å². The van der Waals surface area contributed by atoms with Gasteiger partial charge in [0.15, 0.2) is 0 Å². The van der Waals surface area contributed by atoms with Crippen molar-refractivity contribution >= 4 is 23.7 Å². The van der Waals surface area contributed by atoms with Gasteiger partial charge in [-0.15, -0.1) is 0 Å². The quantitative estimate of drug-likeness (QED) is 0.353. The molecule has 0 aliphatic rings. The van der Waals surface area contributed by atoms with Crippen molar-refractivity contribution in [1.82, 2.24) is 15.3 Å². The van der Waals surface area contributed by atoms with Crippen molar-refractivity contribution in [2.75, 3.05) is 6.61 Å². The molecule has 0 fully saturated rings. The molecule has 2 aromatic carbocycles. The molecular weight excluding hydrogens is 482 g/mol. The van der Waals surface area contributed by atoms with E-state index in [0.29, 0.717) is 10.8 Å². The lowest BCUT2D eigenvalue weighted by Gasteiger charge is -2.24. The van der Waals surface area contributed by atoms with E-state index >= 15 is 0 Å². The van der Waals surface area contributed by atoms with Crippen LogP contribution in [-0.2, 0) is 20.7 Å². The number of rotatable bonds is 9. The van der Waals surface area contributed by atoms with E-state index in [1.165, 1.54) is 12.4 Å². The van der Waals surface area contributed by atoms with Crippen LogP contribution in [0.1, 0.15) is 39.7 Å². The number of alkyl carbamates (subject to hydrolysis) is 1. The molecule has 3 aromatic rings. The maximum absolute atomic E-state index is 12.5. The van der Waals surface area contributed by atoms with Gasteiger partial charge in [0.2, 0.25) is 0 Å². The summed E-state index contributed by atoms with van der Waals surface area (Å²) < 4.78 is 16.5. The van der Waals surface area contributed by atoms with Crippen LogP contribution in [0.3, 0.4) is 0 Å². The van der Waals surface area contributed by atoms with Gasteiger partial charge in [-0.3, -0.25) is 4.79 Å². The number of hydrogen-bond donors (Lipinski definition) is 1. The van der Waals surface area contributed by atoms with Gasteiger partial charge in [0.05, 0.1) is 30.4 Å². The standard InChI is InChI=1S/C27H30ClN3O5/c1-5-34-24(32)15-22(31-26(33)36-27(2,3)4)14-20-13-19(18-9-7-6-8-10-18)11-12-23(20)35-25-29-16-21(28)17-30-25/h6-13,16-17,22H,5,14-15H2,1-4H3,(H,31,33). The molecule has 1 amide bonds. The van der Waals surface area contributed by atoms with Crippen LogP contribution in [0.4, 0.5) is 4.79 Å². The fourth-order valence-electron chi connectivity index (χ4n) is 3.44. The molecule has 36 heavy (non-hydrogen) atoms. The molecule has 0 radical (unpaired) electrons. The van der Waals surface area contributed by atoms with Gasteiger partial charge >= 0.3 is 18.1 Å². The summed E-state index contributed by atoms with van der Waals surface area (Å²) in [6, 6.07) is 15.0. The monoisotopic (exact) mass is 511 g/mol. The van der Waals surface area contributed by atoms with E-state index in [1.807, 2.05) is 48.5 Å². The number of hydrogen-bond acceptors (Lipinski definition) is 7. The maximum atomic E-state index is 12.5. The summed E-state index contributed by atoms with van der Waals surface area (Å²) in [5.41, 5.74) is 2.00. The van der Waals surface area contributed by atoms with E-state index in [1.54, 1.807) is 27.7 Å². The minimum absolute atomic E-state index is 0.0421. The summed E-state index contributed by atoms with van der Waals surface area (Å²) in [5, 5.41) is 3.19. The highest BCUT2D eigenvalue weighted by molar-refractivity contribution is 6.30. The molecule has 0 aliphatic heterocycles. The van der Waals surface area contributed by atoms with Crippen molar-refractivity contribution in [1.29, 1.82) is 0 Å². The van der Waals surface area contributed by atoms with Crippen molar-refractivity contribution in [3.63, 3.8) is 0 Å². The van der Waals surface area contributed by atoms with E-state index in [4.69, 9.17) is 25.8 Å². The molecule has 8 nitrogen and oxygen atoms in total. The number of halogens is 1. The lowest BCUT2D eigenvalue weighted by Crippen LogP contribution is -2.41. The van der Waals surface area contributed by atoms with Crippen molar-refractivity contribution in [3.05, 3.63) is 71.5 Å². The summed E-state index contributed by atoms with van der Waals surface area (Å²) in [6.07, 6.45) is 2.48. The second kappa shape index (κ2) is 12.4. The molecule has 1 N–H and O–H groups in total. The second-order valence-corrected chi connectivity index (χ2v) is 9.47. The topological polar surface area (TPSA) is 99.6 Å². The van der Waals surface area contributed by atoms with E-state index in [2.05, 4.69) is 15.3 Å². The predicted octanol–water partition coefficient (Wildman–Crippen LogP) is 5.98. The first-order valence-electron chi connectivity index (χ1n) is 11.6. The zero-order valence-corrected chi connectivity index (χ0v) is 21.5. The van der Waals surface area contributed by atoms with Crippen LogP contribution in [0.25, 0.3) is 11.1 Å². The third-order valence-corrected chi connectivity index (χ3v) is 5.07. The summed E-state index contributed by atoms with van der Waals surface area (Å²) in [4.78, 5) is 33.1. The van der Waals surface area contributed by atoms with Crippen LogP contribution < -0.4 is 10.1 Å². The lowest BCUT2D eigenvalue weighted by molar-refractivity contribution is -0.143. The van der Waals surface area contributed by atoms with E-state index in [-0.39, 0.29) is 25.5 Å². The summed E-state index contributed by atoms with van der Waals surface area (Å²) in [6.45, 7) is 7.29. The fourth-order valence-corrected chi connectivity index (χ4v) is 3.53. The fraction of sp³-hybridized carbons (Fsp3) is 0.333. The van der Waals surface area contributed by atoms with Gasteiger partial charge in [-0.2, -0.15) is 0 Å². The number of esters is 1. The van der Waals surface area contributed by atoms with Crippen LogP contribution in [-0.4, -0.2) is 40.3 Å². The van der Waals surface area contributed by atoms with Crippen LogP contribution >= 0.6 is 11.6 Å². The molecule has 0 aliphatic carbocycles. The highest BCUT2D eigenvalue weighted by atomic mass is 35.5. The third kappa shape index (κ3) is 8.53. The summed E-state index contributed by atoms with van der Waals surface area (Å²) in [7, 11) is 0. The number of carbonyl (C=O) groups excluding carboxylic acids is 2. The third-order valence-electron chi connectivity index (χ3n) is 4.87. The van der Waals surface area contributed by atoms with Crippen molar-refractivity contribution in [3.8, 4) is 22.9 Å². The Morgan fingerprint density at radius 1 is 1.03 bits per heavy atom. The Morgan fingerprint density at radius 3 is 2.36 bits per heavy atom. The molecule has 1 unspecified atom stereocenters. The van der Waals surface area contributed by atoms with Gasteiger partial charge in [-0.1, -0.05) is 48.0 Å². The number of ether oxygens (including phenoxy) is 3. The minimum atomic E-state index is -0.689. The molecule has 1 aromatic heterocycles. The van der Waals surface area contributed by atoms with Crippen LogP contribution in [0.5, 0.6) is 11.8 Å². The Bertz CT molecular complexity index is 1160. The number of benzene rings is 2. The van der Waals surface area contributed by atoms with E-state index in [0.717, 1.165) is 16.7 Å². The molecule has 1 atom stereocenters. The molecule has 1 heterocycles.